The van der Waals surface area contributed by atoms with E-state index < -0.39 is 5.97 Å². The van der Waals surface area contributed by atoms with Gasteiger partial charge >= 0.3 is 5.97 Å². The van der Waals surface area contributed by atoms with Gasteiger partial charge in [0.2, 0.25) is 5.90 Å². The van der Waals surface area contributed by atoms with E-state index >= 15 is 0 Å². The molecular weight excluding hydrogens is 322 g/mol. The van der Waals surface area contributed by atoms with Gasteiger partial charge in [-0.2, -0.15) is 0 Å². The van der Waals surface area contributed by atoms with Gasteiger partial charge in [0, 0.05) is 4.88 Å². The Labute approximate surface area is 136 Å². The molecule has 4 nitrogen and oxygen atoms in total. The normalized spacial score (nSPS) is 15.9. The van der Waals surface area contributed by atoms with Crippen molar-refractivity contribution in [2.75, 3.05) is 7.11 Å². The summed E-state index contributed by atoms with van der Waals surface area (Å²) in [7, 11) is 1.56. The van der Waals surface area contributed by atoms with E-state index in [-0.39, 0.29) is 11.6 Å². The highest BCUT2D eigenvalue weighted by atomic mass is 35.5. The van der Waals surface area contributed by atoms with Crippen LogP contribution in [0.5, 0.6) is 5.75 Å². The lowest BCUT2D eigenvalue weighted by Crippen LogP contribution is -2.06. The molecule has 2 heterocycles. The summed E-state index contributed by atoms with van der Waals surface area (Å²) in [6.45, 7) is 1.98. The number of aliphatic imine (C=N–C) groups is 1. The fourth-order valence-corrected chi connectivity index (χ4v) is 3.08. The number of hydrogen-bond donors (Lipinski definition) is 0. The van der Waals surface area contributed by atoms with Gasteiger partial charge in [0.15, 0.2) is 5.70 Å². The van der Waals surface area contributed by atoms with Gasteiger partial charge in [-0.05, 0) is 48.2 Å². The molecule has 0 fully saturated rings. The van der Waals surface area contributed by atoms with Gasteiger partial charge in [0.1, 0.15) is 5.75 Å². The first-order chi connectivity index (χ1) is 10.6. The zero-order valence-corrected chi connectivity index (χ0v) is 13.5. The average molecular weight is 334 g/mol. The van der Waals surface area contributed by atoms with Crippen molar-refractivity contribution in [1.29, 1.82) is 0 Å². The first kappa shape index (κ1) is 14.8. The lowest BCUT2D eigenvalue weighted by Gasteiger charge is -2.05. The molecule has 0 saturated heterocycles. The van der Waals surface area contributed by atoms with E-state index in [4.69, 9.17) is 21.1 Å². The first-order valence-corrected chi connectivity index (χ1v) is 7.75. The smallest absolute Gasteiger partial charge is 0.363 e. The SMILES string of the molecule is COc1ccc(C2=NC(=Cc3sccc3C)C(=O)O2)c(Cl)c1. The molecular formula is C16H12ClNO3S. The maximum atomic E-state index is 12.0. The summed E-state index contributed by atoms with van der Waals surface area (Å²) in [5.41, 5.74) is 1.92. The summed E-state index contributed by atoms with van der Waals surface area (Å²) in [6.07, 6.45) is 1.73. The Morgan fingerprint density at radius 1 is 1.36 bits per heavy atom. The highest BCUT2D eigenvalue weighted by Gasteiger charge is 2.26. The topological polar surface area (TPSA) is 47.9 Å². The molecule has 0 bridgehead atoms. The molecule has 0 aliphatic carbocycles. The number of hydrogen-bond acceptors (Lipinski definition) is 5. The monoisotopic (exact) mass is 333 g/mol. The van der Waals surface area contributed by atoms with Crippen LogP contribution in [0.2, 0.25) is 5.02 Å². The molecule has 0 atom stereocenters. The second kappa shape index (κ2) is 5.94. The van der Waals surface area contributed by atoms with Gasteiger partial charge in [-0.1, -0.05) is 11.6 Å². The molecule has 0 unspecified atom stereocenters. The summed E-state index contributed by atoms with van der Waals surface area (Å²) >= 11 is 7.73. The Kier molecular flexibility index (Phi) is 4.00. The molecule has 0 saturated carbocycles. The average Bonchev–Trinajstić information content (AvgIpc) is 3.06. The van der Waals surface area contributed by atoms with Crippen LogP contribution in [0.1, 0.15) is 16.0 Å². The second-order valence-corrected chi connectivity index (χ2v) is 6.00. The molecule has 2 aromatic rings. The van der Waals surface area contributed by atoms with Crippen molar-refractivity contribution in [3.63, 3.8) is 0 Å². The number of benzene rings is 1. The van der Waals surface area contributed by atoms with Gasteiger partial charge in [-0.3, -0.25) is 0 Å². The molecule has 1 aliphatic heterocycles. The van der Waals surface area contributed by atoms with Crippen LogP contribution in [0, 0.1) is 6.92 Å². The standard InChI is InChI=1S/C16H12ClNO3S/c1-9-5-6-22-14(9)8-13-16(19)21-15(18-13)11-4-3-10(20-2)7-12(11)17/h3-8H,1-2H3. The largest absolute Gasteiger partial charge is 0.497 e. The summed E-state index contributed by atoms with van der Waals surface area (Å²) in [6, 6.07) is 7.09. The third kappa shape index (κ3) is 2.77. The van der Waals surface area contributed by atoms with Crippen LogP contribution >= 0.6 is 22.9 Å². The summed E-state index contributed by atoms with van der Waals surface area (Å²) < 4.78 is 10.3. The highest BCUT2D eigenvalue weighted by Crippen LogP contribution is 2.28. The molecule has 22 heavy (non-hydrogen) atoms. The van der Waals surface area contributed by atoms with Crippen molar-refractivity contribution in [1.82, 2.24) is 0 Å². The molecule has 6 heteroatoms. The van der Waals surface area contributed by atoms with Crippen LogP contribution in [-0.2, 0) is 9.53 Å². The predicted molar refractivity (Wildman–Crippen MR) is 87.7 cm³/mol. The van der Waals surface area contributed by atoms with Crippen LogP contribution in [0.4, 0.5) is 0 Å². The Bertz CT molecular complexity index is 807. The summed E-state index contributed by atoms with van der Waals surface area (Å²) in [4.78, 5) is 17.2. The van der Waals surface area contributed by atoms with E-state index in [1.807, 2.05) is 18.4 Å². The number of ether oxygens (including phenoxy) is 2. The van der Waals surface area contributed by atoms with E-state index in [1.165, 1.54) is 0 Å². The van der Waals surface area contributed by atoms with Gasteiger partial charge in [-0.15, -0.1) is 11.3 Å². The lowest BCUT2D eigenvalue weighted by atomic mass is 10.2. The number of cyclic esters (lactones) is 1. The van der Waals surface area contributed by atoms with Crippen molar-refractivity contribution >= 4 is 40.9 Å². The van der Waals surface area contributed by atoms with Crippen LogP contribution < -0.4 is 4.74 Å². The minimum absolute atomic E-state index is 0.207. The van der Waals surface area contributed by atoms with Gasteiger partial charge in [0.05, 0.1) is 17.7 Å². The number of carbonyl (C=O) groups is 1. The Balaban J connectivity index is 1.97. The molecule has 0 amide bonds. The fourth-order valence-electron chi connectivity index (χ4n) is 1.98. The number of thiophene rings is 1. The first-order valence-electron chi connectivity index (χ1n) is 6.49. The molecule has 112 valence electrons. The molecule has 0 radical (unpaired) electrons. The van der Waals surface area contributed by atoms with Crippen LogP contribution in [-0.4, -0.2) is 19.0 Å². The summed E-state index contributed by atoms with van der Waals surface area (Å²) in [5.74, 6) is 0.358. The van der Waals surface area contributed by atoms with Crippen molar-refractivity contribution in [2.45, 2.75) is 6.92 Å². The minimum Gasteiger partial charge on any atom is -0.497 e. The van der Waals surface area contributed by atoms with E-state index in [0.29, 0.717) is 16.3 Å². The number of rotatable bonds is 3. The molecule has 1 aromatic carbocycles. The van der Waals surface area contributed by atoms with E-state index in [0.717, 1.165) is 10.4 Å². The molecule has 0 N–H and O–H groups in total. The Morgan fingerprint density at radius 2 is 2.18 bits per heavy atom. The fraction of sp³-hybridized carbons (Fsp3) is 0.125. The van der Waals surface area contributed by atoms with Crippen LogP contribution in [0.25, 0.3) is 6.08 Å². The number of methoxy groups -OCH3 is 1. The number of esters is 1. The minimum atomic E-state index is -0.477. The van der Waals surface area contributed by atoms with E-state index in [2.05, 4.69) is 4.99 Å². The van der Waals surface area contributed by atoms with Crippen molar-refractivity contribution < 1.29 is 14.3 Å². The van der Waals surface area contributed by atoms with E-state index in [1.54, 1.807) is 42.7 Å². The molecule has 1 aromatic heterocycles. The van der Waals surface area contributed by atoms with Gasteiger partial charge < -0.3 is 9.47 Å². The zero-order chi connectivity index (χ0) is 15.7. The molecule has 0 spiro atoms. The van der Waals surface area contributed by atoms with Crippen LogP contribution in [0.3, 0.4) is 0 Å². The Morgan fingerprint density at radius 3 is 2.82 bits per heavy atom. The maximum Gasteiger partial charge on any atom is 0.363 e. The van der Waals surface area contributed by atoms with E-state index in [9.17, 15) is 4.79 Å². The van der Waals surface area contributed by atoms with Crippen LogP contribution in [0.15, 0.2) is 40.3 Å². The molecule has 3 rings (SSSR count). The predicted octanol–water partition coefficient (Wildman–Crippen LogP) is 4.06. The zero-order valence-electron chi connectivity index (χ0n) is 11.9. The lowest BCUT2D eigenvalue weighted by molar-refractivity contribution is -0.129. The Hall–Kier alpha value is -2.11. The number of aryl methyl sites for hydroxylation is 1. The highest BCUT2D eigenvalue weighted by molar-refractivity contribution is 7.11. The van der Waals surface area contributed by atoms with Crippen molar-refractivity contribution in [3.8, 4) is 5.75 Å². The van der Waals surface area contributed by atoms with Gasteiger partial charge in [0.25, 0.3) is 0 Å². The second-order valence-electron chi connectivity index (χ2n) is 4.65. The third-order valence-corrected chi connectivity index (χ3v) is 4.48. The van der Waals surface area contributed by atoms with Crippen molar-refractivity contribution in [2.24, 2.45) is 4.99 Å². The third-order valence-electron chi connectivity index (χ3n) is 3.20. The quantitative estimate of drug-likeness (QED) is 0.628. The number of halogens is 1. The van der Waals surface area contributed by atoms with Crippen molar-refractivity contribution in [3.05, 3.63) is 56.4 Å². The number of carbonyl (C=O) groups excluding carboxylic acids is 1. The summed E-state index contributed by atoms with van der Waals surface area (Å²) in [5, 5.41) is 2.38. The molecule has 1 aliphatic rings. The van der Waals surface area contributed by atoms with Gasteiger partial charge in [-0.25, -0.2) is 9.79 Å². The number of nitrogens with zero attached hydrogens (tertiary/aromatic N) is 1. The maximum absolute atomic E-state index is 12.0.